The Balaban J connectivity index is 2.54. The number of benzene rings is 1. The molecule has 0 saturated carbocycles. The van der Waals surface area contributed by atoms with E-state index in [0.29, 0.717) is 6.42 Å². The zero-order valence-corrected chi connectivity index (χ0v) is 11.6. The van der Waals surface area contributed by atoms with Gasteiger partial charge in [0.05, 0.1) is 0 Å². The first kappa shape index (κ1) is 13.6. The van der Waals surface area contributed by atoms with E-state index in [1.807, 2.05) is 24.4 Å². The standard InChI is InChI=1S/C15H20N2O2/c1-15(2,3)17-9-10(8-12(16)14(18)19)11-6-4-5-7-13(11)17/h4-7,9,12H,8,16H2,1-3H3,(H,18,19)/t12-/m0/s1. The number of rotatable bonds is 3. The molecule has 0 radical (unpaired) electrons. The van der Waals surface area contributed by atoms with Gasteiger partial charge < -0.3 is 15.4 Å². The number of carboxylic acid groups (broad SMARTS) is 1. The van der Waals surface area contributed by atoms with Gasteiger partial charge in [0.15, 0.2) is 0 Å². The molecule has 4 heteroatoms. The number of aliphatic carboxylic acids is 1. The molecule has 0 unspecified atom stereocenters. The lowest BCUT2D eigenvalue weighted by Gasteiger charge is -2.22. The number of carboxylic acids is 1. The Bertz CT molecular complexity index is 608. The van der Waals surface area contributed by atoms with Crippen LogP contribution in [0.3, 0.4) is 0 Å². The third-order valence-corrected chi connectivity index (χ3v) is 3.27. The van der Waals surface area contributed by atoms with Crippen LogP contribution in [0.25, 0.3) is 10.9 Å². The molecule has 1 atom stereocenters. The van der Waals surface area contributed by atoms with Gasteiger partial charge in [-0.2, -0.15) is 0 Å². The SMILES string of the molecule is CC(C)(C)n1cc(C[C@H](N)C(=O)O)c2ccccc21. The van der Waals surface area contributed by atoms with Gasteiger partial charge in [-0.15, -0.1) is 0 Å². The van der Waals surface area contributed by atoms with E-state index in [9.17, 15) is 4.79 Å². The third kappa shape index (κ3) is 2.63. The van der Waals surface area contributed by atoms with E-state index in [2.05, 4.69) is 31.4 Å². The number of para-hydroxylation sites is 1. The fourth-order valence-electron chi connectivity index (χ4n) is 2.29. The Hall–Kier alpha value is -1.81. The molecule has 2 aromatic rings. The highest BCUT2D eigenvalue weighted by Crippen LogP contribution is 2.28. The van der Waals surface area contributed by atoms with Gasteiger partial charge >= 0.3 is 5.97 Å². The Morgan fingerprint density at radius 3 is 2.58 bits per heavy atom. The maximum Gasteiger partial charge on any atom is 0.320 e. The summed E-state index contributed by atoms with van der Waals surface area (Å²) in [7, 11) is 0. The first-order chi connectivity index (χ1) is 8.80. The molecular weight excluding hydrogens is 240 g/mol. The molecule has 0 amide bonds. The number of hydrogen-bond acceptors (Lipinski definition) is 2. The second-order valence-corrected chi connectivity index (χ2v) is 5.86. The molecule has 1 heterocycles. The van der Waals surface area contributed by atoms with Gasteiger partial charge in [0.25, 0.3) is 0 Å². The van der Waals surface area contributed by atoms with Crippen LogP contribution >= 0.6 is 0 Å². The van der Waals surface area contributed by atoms with Crippen molar-refractivity contribution in [1.29, 1.82) is 0 Å². The summed E-state index contributed by atoms with van der Waals surface area (Å²) in [5.41, 5.74) is 7.70. The first-order valence-electron chi connectivity index (χ1n) is 6.38. The van der Waals surface area contributed by atoms with Gasteiger partial charge in [-0.25, -0.2) is 0 Å². The summed E-state index contributed by atoms with van der Waals surface area (Å²) < 4.78 is 2.17. The van der Waals surface area contributed by atoms with Crippen LogP contribution < -0.4 is 5.73 Å². The van der Waals surface area contributed by atoms with E-state index >= 15 is 0 Å². The Morgan fingerprint density at radius 1 is 1.37 bits per heavy atom. The summed E-state index contributed by atoms with van der Waals surface area (Å²) in [5.74, 6) is -0.965. The predicted molar refractivity (Wildman–Crippen MR) is 76.2 cm³/mol. The number of carbonyl (C=O) groups is 1. The number of hydrogen-bond donors (Lipinski definition) is 2. The topological polar surface area (TPSA) is 68.2 Å². The minimum absolute atomic E-state index is 0.0504. The highest BCUT2D eigenvalue weighted by Gasteiger charge is 2.20. The number of nitrogens with two attached hydrogens (primary N) is 1. The molecule has 0 aliphatic heterocycles. The van der Waals surface area contributed by atoms with Crippen molar-refractivity contribution in [2.24, 2.45) is 5.73 Å². The molecule has 0 aliphatic rings. The molecule has 2 rings (SSSR count). The van der Waals surface area contributed by atoms with Crippen LogP contribution in [0.15, 0.2) is 30.5 Å². The van der Waals surface area contributed by atoms with E-state index in [1.165, 1.54) is 0 Å². The van der Waals surface area contributed by atoms with Crippen LogP contribution in [0.2, 0.25) is 0 Å². The third-order valence-electron chi connectivity index (χ3n) is 3.27. The zero-order chi connectivity index (χ0) is 14.2. The summed E-state index contributed by atoms with van der Waals surface area (Å²) in [6.07, 6.45) is 2.37. The maximum atomic E-state index is 10.9. The fourth-order valence-corrected chi connectivity index (χ4v) is 2.29. The summed E-state index contributed by atoms with van der Waals surface area (Å²) in [4.78, 5) is 10.9. The zero-order valence-electron chi connectivity index (χ0n) is 11.6. The molecule has 1 aromatic carbocycles. The molecule has 1 aromatic heterocycles. The van der Waals surface area contributed by atoms with E-state index in [4.69, 9.17) is 10.8 Å². The van der Waals surface area contributed by atoms with E-state index in [1.54, 1.807) is 0 Å². The summed E-state index contributed by atoms with van der Waals surface area (Å²) in [5, 5.41) is 10.0. The van der Waals surface area contributed by atoms with Gasteiger partial charge in [-0.05, 0) is 32.4 Å². The largest absolute Gasteiger partial charge is 0.480 e. The Kier molecular flexibility index (Phi) is 3.37. The van der Waals surface area contributed by atoms with Crippen LogP contribution in [0.1, 0.15) is 26.3 Å². The van der Waals surface area contributed by atoms with Crippen molar-refractivity contribution in [2.75, 3.05) is 0 Å². The van der Waals surface area contributed by atoms with Crippen molar-refractivity contribution < 1.29 is 9.90 Å². The number of fused-ring (bicyclic) bond motifs is 1. The van der Waals surface area contributed by atoms with Crippen LogP contribution in [0.4, 0.5) is 0 Å². The molecule has 19 heavy (non-hydrogen) atoms. The predicted octanol–water partition coefficient (Wildman–Crippen LogP) is 2.35. The quantitative estimate of drug-likeness (QED) is 0.890. The van der Waals surface area contributed by atoms with Crippen molar-refractivity contribution in [3.63, 3.8) is 0 Å². The summed E-state index contributed by atoms with van der Waals surface area (Å²) >= 11 is 0. The Morgan fingerprint density at radius 2 is 2.00 bits per heavy atom. The molecule has 4 nitrogen and oxygen atoms in total. The van der Waals surface area contributed by atoms with Crippen LogP contribution in [-0.2, 0) is 16.8 Å². The molecule has 0 fully saturated rings. The molecule has 0 bridgehead atoms. The highest BCUT2D eigenvalue weighted by atomic mass is 16.4. The average Bonchev–Trinajstić information content (AvgIpc) is 2.68. The molecule has 3 N–H and O–H groups in total. The lowest BCUT2D eigenvalue weighted by atomic mass is 10.1. The van der Waals surface area contributed by atoms with Crippen LogP contribution in [0, 0.1) is 0 Å². The van der Waals surface area contributed by atoms with E-state index in [0.717, 1.165) is 16.5 Å². The number of nitrogens with zero attached hydrogens (tertiary/aromatic N) is 1. The van der Waals surface area contributed by atoms with Gasteiger partial charge in [-0.3, -0.25) is 4.79 Å². The van der Waals surface area contributed by atoms with E-state index in [-0.39, 0.29) is 5.54 Å². The van der Waals surface area contributed by atoms with Gasteiger partial charge in [0, 0.05) is 29.1 Å². The number of aromatic nitrogens is 1. The molecule has 0 saturated heterocycles. The van der Waals surface area contributed by atoms with Crippen LogP contribution in [-0.4, -0.2) is 21.7 Å². The first-order valence-corrected chi connectivity index (χ1v) is 6.38. The van der Waals surface area contributed by atoms with Crippen molar-refractivity contribution in [1.82, 2.24) is 4.57 Å². The van der Waals surface area contributed by atoms with Crippen molar-refractivity contribution >= 4 is 16.9 Å². The summed E-state index contributed by atoms with van der Waals surface area (Å²) in [6, 6.07) is 7.16. The minimum atomic E-state index is -0.965. The fraction of sp³-hybridized carbons (Fsp3) is 0.400. The molecule has 102 valence electrons. The normalized spacial score (nSPS) is 13.7. The van der Waals surface area contributed by atoms with Gasteiger partial charge in [0.2, 0.25) is 0 Å². The average molecular weight is 260 g/mol. The maximum absolute atomic E-state index is 10.9. The minimum Gasteiger partial charge on any atom is -0.480 e. The second kappa shape index (κ2) is 4.70. The second-order valence-electron chi connectivity index (χ2n) is 5.86. The van der Waals surface area contributed by atoms with Crippen molar-refractivity contribution in [3.8, 4) is 0 Å². The monoisotopic (exact) mass is 260 g/mol. The molecular formula is C15H20N2O2. The van der Waals surface area contributed by atoms with Crippen LogP contribution in [0.5, 0.6) is 0 Å². The Labute approximate surface area is 112 Å². The van der Waals surface area contributed by atoms with Gasteiger partial charge in [-0.1, -0.05) is 18.2 Å². The smallest absolute Gasteiger partial charge is 0.320 e. The van der Waals surface area contributed by atoms with Crippen molar-refractivity contribution in [3.05, 3.63) is 36.0 Å². The lowest BCUT2D eigenvalue weighted by molar-refractivity contribution is -0.138. The van der Waals surface area contributed by atoms with E-state index < -0.39 is 12.0 Å². The highest BCUT2D eigenvalue weighted by molar-refractivity contribution is 5.85. The van der Waals surface area contributed by atoms with Crippen molar-refractivity contribution in [2.45, 2.75) is 38.8 Å². The summed E-state index contributed by atoms with van der Waals surface area (Å²) in [6.45, 7) is 6.38. The molecule has 0 spiro atoms. The van der Waals surface area contributed by atoms with Gasteiger partial charge in [0.1, 0.15) is 6.04 Å². The molecule has 0 aliphatic carbocycles. The lowest BCUT2D eigenvalue weighted by Crippen LogP contribution is -2.32.